The third-order valence-electron chi connectivity index (χ3n) is 2.90. The van der Waals surface area contributed by atoms with Gasteiger partial charge < -0.3 is 4.98 Å². The van der Waals surface area contributed by atoms with Gasteiger partial charge in [0.15, 0.2) is 0 Å². The number of nitrogens with one attached hydrogen (secondary N) is 1. The molecule has 0 amide bonds. The summed E-state index contributed by atoms with van der Waals surface area (Å²) in [6.45, 7) is 4.38. The summed E-state index contributed by atoms with van der Waals surface area (Å²) in [6, 6.07) is 6.03. The van der Waals surface area contributed by atoms with Gasteiger partial charge in [-0.25, -0.2) is 0 Å². The van der Waals surface area contributed by atoms with Crippen LogP contribution in [-0.2, 0) is 6.42 Å². The third kappa shape index (κ3) is 2.03. The first-order chi connectivity index (χ1) is 7.22. The van der Waals surface area contributed by atoms with Crippen LogP contribution >= 0.6 is 11.6 Å². The fraction of sp³-hybridized carbons (Fsp3) is 0.385. The number of hydrogen-bond donors (Lipinski definition) is 1. The Morgan fingerprint density at radius 3 is 2.87 bits per heavy atom. The fourth-order valence-corrected chi connectivity index (χ4v) is 2.13. The van der Waals surface area contributed by atoms with Gasteiger partial charge in [-0.2, -0.15) is 0 Å². The summed E-state index contributed by atoms with van der Waals surface area (Å²) in [6.07, 6.45) is 3.60. The molecule has 0 atom stereocenters. The Hall–Kier alpha value is -0.950. The first-order valence-electron chi connectivity index (χ1n) is 5.49. The average molecular weight is 222 g/mol. The highest BCUT2D eigenvalue weighted by molar-refractivity contribution is 6.31. The molecular formula is C13H16ClN. The second-order valence-corrected chi connectivity index (χ2v) is 4.46. The predicted molar refractivity (Wildman–Crippen MR) is 66.7 cm³/mol. The predicted octanol–water partition coefficient (Wildman–Crippen LogP) is 4.47. The quantitative estimate of drug-likeness (QED) is 0.787. The molecule has 0 fully saturated rings. The van der Waals surface area contributed by atoms with Crippen LogP contribution in [0.1, 0.15) is 31.0 Å². The number of benzene rings is 1. The Labute approximate surface area is 95.5 Å². The maximum absolute atomic E-state index is 5.99. The molecule has 1 nitrogen and oxygen atoms in total. The van der Waals surface area contributed by atoms with Gasteiger partial charge in [0.1, 0.15) is 0 Å². The monoisotopic (exact) mass is 221 g/mol. The maximum Gasteiger partial charge on any atom is 0.0459 e. The highest BCUT2D eigenvalue weighted by atomic mass is 35.5. The van der Waals surface area contributed by atoms with E-state index in [1.54, 1.807) is 0 Å². The van der Waals surface area contributed by atoms with Crippen LogP contribution in [0.25, 0.3) is 10.9 Å². The van der Waals surface area contributed by atoms with E-state index in [2.05, 4.69) is 24.9 Å². The summed E-state index contributed by atoms with van der Waals surface area (Å²) >= 11 is 5.99. The number of rotatable bonds is 3. The van der Waals surface area contributed by atoms with Crippen LogP contribution in [0.2, 0.25) is 5.02 Å². The van der Waals surface area contributed by atoms with Crippen molar-refractivity contribution in [3.8, 4) is 0 Å². The van der Waals surface area contributed by atoms with Crippen LogP contribution in [0.3, 0.4) is 0 Å². The van der Waals surface area contributed by atoms with Crippen LogP contribution < -0.4 is 0 Å². The molecule has 2 aromatic rings. The first-order valence-corrected chi connectivity index (χ1v) is 5.87. The topological polar surface area (TPSA) is 15.8 Å². The minimum Gasteiger partial charge on any atom is -0.358 e. The van der Waals surface area contributed by atoms with Gasteiger partial charge in [0.25, 0.3) is 0 Å². The normalized spacial score (nSPS) is 11.1. The van der Waals surface area contributed by atoms with Crippen molar-refractivity contribution in [2.24, 2.45) is 0 Å². The molecule has 1 aromatic carbocycles. The molecule has 1 heterocycles. The van der Waals surface area contributed by atoms with Crippen LogP contribution in [0, 0.1) is 6.92 Å². The van der Waals surface area contributed by atoms with E-state index in [1.807, 2.05) is 12.1 Å². The van der Waals surface area contributed by atoms with Gasteiger partial charge in [-0.1, -0.05) is 24.9 Å². The summed E-state index contributed by atoms with van der Waals surface area (Å²) in [5, 5.41) is 2.07. The molecule has 15 heavy (non-hydrogen) atoms. The molecule has 1 aromatic heterocycles. The van der Waals surface area contributed by atoms with Gasteiger partial charge >= 0.3 is 0 Å². The molecule has 0 radical (unpaired) electrons. The Bertz CT molecular complexity index is 471. The zero-order valence-corrected chi connectivity index (χ0v) is 9.99. The largest absolute Gasteiger partial charge is 0.358 e. The zero-order valence-electron chi connectivity index (χ0n) is 9.23. The Morgan fingerprint density at radius 1 is 1.33 bits per heavy atom. The fourth-order valence-electron chi connectivity index (χ4n) is 1.96. The van der Waals surface area contributed by atoms with E-state index in [0.29, 0.717) is 0 Å². The highest BCUT2D eigenvalue weighted by Gasteiger charge is 2.06. The number of aryl methyl sites for hydroxylation is 2. The van der Waals surface area contributed by atoms with Crippen molar-refractivity contribution in [1.82, 2.24) is 4.98 Å². The minimum absolute atomic E-state index is 0.812. The van der Waals surface area contributed by atoms with Gasteiger partial charge in [0.2, 0.25) is 0 Å². The molecule has 0 saturated carbocycles. The van der Waals surface area contributed by atoms with E-state index >= 15 is 0 Å². The summed E-state index contributed by atoms with van der Waals surface area (Å²) in [5.74, 6) is 0. The summed E-state index contributed by atoms with van der Waals surface area (Å²) < 4.78 is 0. The standard InChI is InChI=1S/C13H16ClN/c1-3-4-5-12-9(2)11-8-10(14)6-7-13(11)15-12/h6-8,15H,3-5H2,1-2H3. The molecule has 0 saturated heterocycles. The number of hydrogen-bond acceptors (Lipinski definition) is 0. The van der Waals surface area contributed by atoms with Crippen LogP contribution in [0.5, 0.6) is 0 Å². The molecule has 0 spiro atoms. The van der Waals surface area contributed by atoms with E-state index in [9.17, 15) is 0 Å². The lowest BCUT2D eigenvalue weighted by atomic mass is 10.1. The number of unbranched alkanes of at least 4 members (excludes halogenated alkanes) is 1. The minimum atomic E-state index is 0.812. The van der Waals surface area contributed by atoms with Crippen LogP contribution in [0.15, 0.2) is 18.2 Å². The van der Waals surface area contributed by atoms with Crippen molar-refractivity contribution in [3.05, 3.63) is 34.5 Å². The van der Waals surface area contributed by atoms with Gasteiger partial charge in [-0.3, -0.25) is 0 Å². The van der Waals surface area contributed by atoms with E-state index in [0.717, 1.165) is 11.4 Å². The van der Waals surface area contributed by atoms with Gasteiger partial charge in [-0.05, 0) is 43.5 Å². The Morgan fingerprint density at radius 2 is 2.13 bits per heavy atom. The molecule has 0 aliphatic carbocycles. The highest BCUT2D eigenvalue weighted by Crippen LogP contribution is 2.25. The Kier molecular flexibility index (Phi) is 3.01. The van der Waals surface area contributed by atoms with Crippen molar-refractivity contribution >= 4 is 22.5 Å². The molecule has 0 aliphatic heterocycles. The molecule has 80 valence electrons. The van der Waals surface area contributed by atoms with E-state index in [4.69, 9.17) is 11.6 Å². The average Bonchev–Trinajstić information content (AvgIpc) is 2.53. The molecule has 2 rings (SSSR count). The van der Waals surface area contributed by atoms with Gasteiger partial charge in [-0.15, -0.1) is 0 Å². The second-order valence-electron chi connectivity index (χ2n) is 4.02. The van der Waals surface area contributed by atoms with E-state index < -0.39 is 0 Å². The second kappa shape index (κ2) is 4.28. The van der Waals surface area contributed by atoms with E-state index in [1.165, 1.54) is 35.0 Å². The lowest BCUT2D eigenvalue weighted by Gasteiger charge is -1.97. The van der Waals surface area contributed by atoms with E-state index in [-0.39, 0.29) is 0 Å². The maximum atomic E-state index is 5.99. The molecule has 1 N–H and O–H groups in total. The third-order valence-corrected chi connectivity index (χ3v) is 3.14. The Balaban J connectivity index is 2.45. The smallest absolute Gasteiger partial charge is 0.0459 e. The van der Waals surface area contributed by atoms with Crippen LogP contribution in [0.4, 0.5) is 0 Å². The zero-order chi connectivity index (χ0) is 10.8. The summed E-state index contributed by atoms with van der Waals surface area (Å²) in [7, 11) is 0. The molecule has 0 bridgehead atoms. The molecule has 0 aliphatic rings. The summed E-state index contributed by atoms with van der Waals surface area (Å²) in [5.41, 5.74) is 3.90. The number of H-pyrrole nitrogens is 1. The number of halogens is 1. The van der Waals surface area contributed by atoms with Gasteiger partial charge in [0, 0.05) is 21.6 Å². The molecule has 2 heteroatoms. The lowest BCUT2D eigenvalue weighted by molar-refractivity contribution is 0.779. The number of fused-ring (bicyclic) bond motifs is 1. The van der Waals surface area contributed by atoms with Crippen molar-refractivity contribution in [1.29, 1.82) is 0 Å². The lowest BCUT2D eigenvalue weighted by Crippen LogP contribution is -1.86. The first kappa shape index (κ1) is 10.6. The molecular weight excluding hydrogens is 206 g/mol. The van der Waals surface area contributed by atoms with Crippen molar-refractivity contribution in [2.75, 3.05) is 0 Å². The van der Waals surface area contributed by atoms with Gasteiger partial charge in [0.05, 0.1) is 0 Å². The summed E-state index contributed by atoms with van der Waals surface area (Å²) in [4.78, 5) is 3.47. The van der Waals surface area contributed by atoms with Crippen molar-refractivity contribution in [3.63, 3.8) is 0 Å². The van der Waals surface area contributed by atoms with Crippen molar-refractivity contribution in [2.45, 2.75) is 33.1 Å². The van der Waals surface area contributed by atoms with Crippen molar-refractivity contribution < 1.29 is 0 Å². The number of aromatic nitrogens is 1. The number of aromatic amines is 1. The molecule has 0 unspecified atom stereocenters. The van der Waals surface area contributed by atoms with Crippen LogP contribution in [-0.4, -0.2) is 4.98 Å². The SMILES string of the molecule is CCCCc1[nH]c2ccc(Cl)cc2c1C.